The minimum absolute atomic E-state index is 0.376. The summed E-state index contributed by atoms with van der Waals surface area (Å²) in [5.41, 5.74) is 5.42. The van der Waals surface area contributed by atoms with Crippen molar-refractivity contribution in [3.05, 3.63) is 0 Å². The Morgan fingerprint density at radius 2 is 1.88 bits per heavy atom. The Morgan fingerprint density at radius 1 is 1.31 bits per heavy atom. The second kappa shape index (κ2) is 5.44. The lowest BCUT2D eigenvalue weighted by atomic mass is 9.82. The van der Waals surface area contributed by atoms with Gasteiger partial charge in [-0.05, 0) is 12.8 Å². The molecule has 0 saturated heterocycles. The predicted octanol–water partition coefficient (Wildman–Crippen LogP) is 0.434. The van der Waals surface area contributed by atoms with Crippen LogP contribution < -0.4 is 10.5 Å². The van der Waals surface area contributed by atoms with Crippen LogP contribution in [0.5, 0.6) is 0 Å². The maximum Gasteiger partial charge on any atom is 0.279 e. The molecular formula is C10H23N3O2S. The van der Waals surface area contributed by atoms with Gasteiger partial charge in [0.2, 0.25) is 0 Å². The molecule has 0 aliphatic heterocycles. The molecule has 3 N–H and O–H groups in total. The number of hydrogen-bond acceptors (Lipinski definition) is 3. The van der Waals surface area contributed by atoms with Crippen LogP contribution in [0.25, 0.3) is 0 Å². The van der Waals surface area contributed by atoms with Crippen molar-refractivity contribution in [3.8, 4) is 0 Å². The highest BCUT2D eigenvalue weighted by Gasteiger charge is 2.40. The first-order valence-electron chi connectivity index (χ1n) is 5.92. The first-order chi connectivity index (χ1) is 7.48. The molecule has 0 aromatic carbocycles. The van der Waals surface area contributed by atoms with Crippen LogP contribution in [0.15, 0.2) is 0 Å². The monoisotopic (exact) mass is 249 g/mol. The summed E-state index contributed by atoms with van der Waals surface area (Å²) in [4.78, 5) is 0. The van der Waals surface area contributed by atoms with E-state index in [0.717, 1.165) is 25.7 Å². The van der Waals surface area contributed by atoms with Gasteiger partial charge in [-0.1, -0.05) is 26.2 Å². The lowest BCUT2D eigenvalue weighted by molar-refractivity contribution is 0.157. The second-order valence-electron chi connectivity index (χ2n) is 4.46. The summed E-state index contributed by atoms with van der Waals surface area (Å²) in [6, 6.07) is 0. The minimum Gasteiger partial charge on any atom is -0.329 e. The van der Waals surface area contributed by atoms with E-state index in [1.807, 2.05) is 0 Å². The average Bonchev–Trinajstić information content (AvgIpc) is 2.29. The normalized spacial score (nSPS) is 21.2. The summed E-state index contributed by atoms with van der Waals surface area (Å²) in [6.07, 6.45) is 5.03. The van der Waals surface area contributed by atoms with Gasteiger partial charge < -0.3 is 5.73 Å². The molecule has 0 atom stereocenters. The largest absolute Gasteiger partial charge is 0.329 e. The van der Waals surface area contributed by atoms with Crippen LogP contribution >= 0.6 is 0 Å². The summed E-state index contributed by atoms with van der Waals surface area (Å²) in [6.45, 7) is 2.59. The highest BCUT2D eigenvalue weighted by atomic mass is 32.2. The van der Waals surface area contributed by atoms with E-state index in [1.165, 1.54) is 10.7 Å². The van der Waals surface area contributed by atoms with Crippen LogP contribution in [0.3, 0.4) is 0 Å². The standard InChI is InChI=1S/C10H23N3O2S/c1-3-12-16(14,15)13(2)10(9-11)7-5-4-6-8-10/h12H,3-9,11H2,1-2H3. The molecule has 96 valence electrons. The molecule has 0 aromatic rings. The summed E-state index contributed by atoms with van der Waals surface area (Å²) in [5, 5.41) is 0. The molecule has 0 unspecified atom stereocenters. The SMILES string of the molecule is CCNS(=O)(=O)N(C)C1(CN)CCCCC1. The Balaban J connectivity index is 2.87. The molecule has 16 heavy (non-hydrogen) atoms. The first-order valence-corrected chi connectivity index (χ1v) is 7.36. The summed E-state index contributed by atoms with van der Waals surface area (Å²) in [7, 11) is -1.74. The van der Waals surface area contributed by atoms with Crippen molar-refractivity contribution >= 4 is 10.2 Å². The Kier molecular flexibility index (Phi) is 4.73. The molecule has 6 heteroatoms. The fourth-order valence-corrected chi connectivity index (χ4v) is 3.72. The maximum absolute atomic E-state index is 12.0. The molecule has 1 rings (SSSR count). The van der Waals surface area contributed by atoms with Gasteiger partial charge >= 0.3 is 0 Å². The average molecular weight is 249 g/mol. The number of nitrogens with one attached hydrogen (secondary N) is 1. The van der Waals surface area contributed by atoms with Gasteiger partial charge in [0.1, 0.15) is 0 Å². The molecule has 0 radical (unpaired) electrons. The van der Waals surface area contributed by atoms with E-state index >= 15 is 0 Å². The van der Waals surface area contributed by atoms with Gasteiger partial charge in [0.25, 0.3) is 10.2 Å². The highest BCUT2D eigenvalue weighted by molar-refractivity contribution is 7.87. The van der Waals surface area contributed by atoms with Gasteiger partial charge in [-0.25, -0.2) is 4.72 Å². The van der Waals surface area contributed by atoms with E-state index < -0.39 is 10.2 Å². The van der Waals surface area contributed by atoms with Gasteiger partial charge in [-0.15, -0.1) is 0 Å². The van der Waals surface area contributed by atoms with Crippen molar-refractivity contribution in [1.29, 1.82) is 0 Å². The van der Waals surface area contributed by atoms with E-state index in [1.54, 1.807) is 14.0 Å². The van der Waals surface area contributed by atoms with Crippen molar-refractivity contribution < 1.29 is 8.42 Å². The minimum atomic E-state index is -3.38. The molecule has 1 aliphatic carbocycles. The second-order valence-corrected chi connectivity index (χ2v) is 6.25. The molecule has 1 saturated carbocycles. The molecule has 0 aromatic heterocycles. The van der Waals surface area contributed by atoms with E-state index in [0.29, 0.717) is 13.1 Å². The summed E-state index contributed by atoms with van der Waals surface area (Å²) >= 11 is 0. The van der Waals surface area contributed by atoms with Crippen LogP contribution in [-0.2, 0) is 10.2 Å². The Bertz CT molecular complexity index is 310. The summed E-state index contributed by atoms with van der Waals surface area (Å²) in [5.74, 6) is 0. The third-order valence-corrected chi connectivity index (χ3v) is 5.28. The number of nitrogens with two attached hydrogens (primary N) is 1. The first kappa shape index (κ1) is 13.9. The lowest BCUT2D eigenvalue weighted by Crippen LogP contribution is -2.58. The summed E-state index contributed by atoms with van der Waals surface area (Å²) < 4.78 is 27.9. The van der Waals surface area contributed by atoms with E-state index in [4.69, 9.17) is 5.73 Å². The Labute approximate surface area is 98.6 Å². The Hall–Kier alpha value is -0.170. The molecule has 5 nitrogen and oxygen atoms in total. The molecule has 0 heterocycles. The zero-order valence-electron chi connectivity index (χ0n) is 10.2. The molecule has 1 fully saturated rings. The van der Waals surface area contributed by atoms with E-state index in [9.17, 15) is 8.42 Å². The number of rotatable bonds is 5. The van der Waals surface area contributed by atoms with Crippen LogP contribution in [0.1, 0.15) is 39.0 Å². The van der Waals surface area contributed by atoms with Gasteiger partial charge in [0.05, 0.1) is 0 Å². The smallest absolute Gasteiger partial charge is 0.279 e. The third kappa shape index (κ3) is 2.74. The fraction of sp³-hybridized carbons (Fsp3) is 1.00. The molecular weight excluding hydrogens is 226 g/mol. The third-order valence-electron chi connectivity index (χ3n) is 3.52. The van der Waals surface area contributed by atoms with Gasteiger partial charge in [0.15, 0.2) is 0 Å². The van der Waals surface area contributed by atoms with Crippen molar-refractivity contribution in [2.75, 3.05) is 20.1 Å². The predicted molar refractivity (Wildman–Crippen MR) is 65.2 cm³/mol. The Morgan fingerprint density at radius 3 is 2.31 bits per heavy atom. The number of hydrogen-bond donors (Lipinski definition) is 2. The number of likely N-dealkylation sites (N-methyl/N-ethyl adjacent to an activating group) is 1. The van der Waals surface area contributed by atoms with Crippen LogP contribution in [0.4, 0.5) is 0 Å². The van der Waals surface area contributed by atoms with Crippen LogP contribution in [0.2, 0.25) is 0 Å². The molecule has 0 amide bonds. The lowest BCUT2D eigenvalue weighted by Gasteiger charge is -2.42. The zero-order chi connectivity index (χ0) is 12.2. The molecule has 1 aliphatic rings. The quantitative estimate of drug-likeness (QED) is 0.742. The fourth-order valence-electron chi connectivity index (χ4n) is 2.39. The van der Waals surface area contributed by atoms with E-state index in [2.05, 4.69) is 4.72 Å². The molecule has 0 bridgehead atoms. The van der Waals surface area contributed by atoms with Crippen molar-refractivity contribution in [2.45, 2.75) is 44.6 Å². The number of nitrogens with zero attached hydrogens (tertiary/aromatic N) is 1. The maximum atomic E-state index is 12.0. The van der Waals surface area contributed by atoms with Crippen molar-refractivity contribution in [1.82, 2.24) is 9.03 Å². The van der Waals surface area contributed by atoms with Gasteiger partial charge in [-0.3, -0.25) is 0 Å². The van der Waals surface area contributed by atoms with Gasteiger partial charge in [0, 0.05) is 25.7 Å². The topological polar surface area (TPSA) is 75.4 Å². The zero-order valence-corrected chi connectivity index (χ0v) is 11.0. The highest BCUT2D eigenvalue weighted by Crippen LogP contribution is 2.33. The van der Waals surface area contributed by atoms with E-state index in [-0.39, 0.29) is 5.54 Å². The van der Waals surface area contributed by atoms with Crippen LogP contribution in [0, 0.1) is 0 Å². The van der Waals surface area contributed by atoms with Crippen LogP contribution in [-0.4, -0.2) is 38.4 Å². The molecule has 0 spiro atoms. The van der Waals surface area contributed by atoms with Gasteiger partial charge in [-0.2, -0.15) is 12.7 Å². The van der Waals surface area contributed by atoms with Crippen molar-refractivity contribution in [2.24, 2.45) is 5.73 Å². The van der Waals surface area contributed by atoms with Crippen molar-refractivity contribution in [3.63, 3.8) is 0 Å².